The zero-order chi connectivity index (χ0) is 21.5. The molecule has 2 unspecified atom stereocenters. The molecule has 2 rings (SSSR count). The molecule has 0 aromatic carbocycles. The number of hydrogen-bond acceptors (Lipinski definition) is 7. The highest BCUT2D eigenvalue weighted by molar-refractivity contribution is 6.51. The first-order chi connectivity index (χ1) is 12.6. The van der Waals surface area contributed by atoms with E-state index in [2.05, 4.69) is 5.32 Å². The van der Waals surface area contributed by atoms with Gasteiger partial charge in [-0.05, 0) is 46.5 Å². The molecule has 2 aliphatic heterocycles. The van der Waals surface area contributed by atoms with Crippen molar-refractivity contribution in [3.05, 3.63) is 0 Å². The predicted octanol–water partition coefficient (Wildman–Crippen LogP) is 2.09. The maximum absolute atomic E-state index is 13.0. The molecule has 0 saturated carbocycles. The van der Waals surface area contributed by atoms with Gasteiger partial charge in [-0.3, -0.25) is 19.3 Å². The normalized spacial score (nSPS) is 31.1. The topological polar surface area (TPSA) is 105 Å². The molecule has 2 atom stereocenters. The molecule has 2 heterocycles. The largest absolute Gasteiger partial charge is 0.480 e. The third kappa shape index (κ3) is 5.86. The van der Waals surface area contributed by atoms with Gasteiger partial charge < -0.3 is 19.9 Å². The minimum Gasteiger partial charge on any atom is -0.480 e. The average Bonchev–Trinajstić information content (AvgIpc) is 2.43. The lowest BCUT2D eigenvalue weighted by molar-refractivity contribution is -0.160. The van der Waals surface area contributed by atoms with Gasteiger partial charge in [-0.15, -0.1) is 0 Å². The molecule has 8 nitrogen and oxygen atoms in total. The fraction of sp³-hybridized carbons (Fsp3) is 0.824. The lowest BCUT2D eigenvalue weighted by Gasteiger charge is -2.49. The van der Waals surface area contributed by atoms with Gasteiger partial charge in [-0.1, -0.05) is 34.8 Å². The third-order valence-electron chi connectivity index (χ3n) is 4.71. The van der Waals surface area contributed by atoms with Crippen LogP contribution in [0.3, 0.4) is 0 Å². The number of hydrogen-bond donors (Lipinski definition) is 2. The van der Waals surface area contributed by atoms with Crippen molar-refractivity contribution in [1.29, 1.82) is 0 Å². The predicted molar refractivity (Wildman–Crippen MR) is 103 cm³/mol. The van der Waals surface area contributed by atoms with E-state index >= 15 is 0 Å². The highest BCUT2D eigenvalue weighted by Crippen LogP contribution is 2.39. The number of carbonyl (C=O) groups excluding carboxylic acids is 2. The summed E-state index contributed by atoms with van der Waals surface area (Å²) < 4.78 is 7.76. The van der Waals surface area contributed by atoms with Crippen LogP contribution in [0.1, 0.15) is 40.5 Å². The van der Waals surface area contributed by atoms with E-state index in [-0.39, 0.29) is 17.0 Å². The Kier molecular flexibility index (Phi) is 6.83. The van der Waals surface area contributed by atoms with Gasteiger partial charge in [-0.25, -0.2) is 0 Å². The summed E-state index contributed by atoms with van der Waals surface area (Å²) in [4.78, 5) is 37.9. The molecule has 2 N–H and O–H groups in total. The maximum atomic E-state index is 13.0. The minimum absolute atomic E-state index is 0.332. The van der Waals surface area contributed by atoms with Gasteiger partial charge in [0.15, 0.2) is 0 Å². The van der Waals surface area contributed by atoms with Crippen LogP contribution in [-0.2, 0) is 23.9 Å². The number of esters is 2. The van der Waals surface area contributed by atoms with E-state index in [0.29, 0.717) is 12.8 Å². The molecular weight excluding hydrogens is 435 g/mol. The van der Waals surface area contributed by atoms with Crippen molar-refractivity contribution in [2.24, 2.45) is 5.92 Å². The highest BCUT2D eigenvalue weighted by atomic mass is 35.5. The van der Waals surface area contributed by atoms with Crippen LogP contribution >= 0.6 is 34.8 Å². The first kappa shape index (κ1) is 23.5. The number of aliphatic carboxylic acids is 1. The van der Waals surface area contributed by atoms with Crippen LogP contribution in [0.5, 0.6) is 0 Å². The lowest BCUT2D eigenvalue weighted by atomic mass is 9.72. The number of halogens is 3. The van der Waals surface area contributed by atoms with Crippen LogP contribution in [-0.4, -0.2) is 68.2 Å². The number of cyclic esters (lactones) is 2. The molecule has 160 valence electrons. The molecule has 2 fully saturated rings. The van der Waals surface area contributed by atoms with Crippen LogP contribution in [0, 0.1) is 5.92 Å². The van der Waals surface area contributed by atoms with E-state index < -0.39 is 47.1 Å². The van der Waals surface area contributed by atoms with Crippen molar-refractivity contribution in [1.82, 2.24) is 10.2 Å². The van der Waals surface area contributed by atoms with Crippen molar-refractivity contribution >= 4 is 52.7 Å². The number of rotatable bonds is 3. The van der Waals surface area contributed by atoms with Crippen molar-refractivity contribution in [2.75, 3.05) is 13.1 Å². The Bertz CT molecular complexity index is 639. The van der Waals surface area contributed by atoms with E-state index in [4.69, 9.17) is 44.3 Å². The van der Waals surface area contributed by atoms with Crippen molar-refractivity contribution in [3.8, 4) is 0 Å². The summed E-state index contributed by atoms with van der Waals surface area (Å²) in [5.41, 5.74) is -2.32. The van der Waals surface area contributed by atoms with Gasteiger partial charge in [0.25, 0.3) is 0 Å². The van der Waals surface area contributed by atoms with Crippen molar-refractivity contribution in [2.45, 2.75) is 67.7 Å². The van der Waals surface area contributed by atoms with E-state index in [1.54, 1.807) is 0 Å². The number of ether oxygens (including phenoxy) is 2. The summed E-state index contributed by atoms with van der Waals surface area (Å²) in [5.74, 6) is -3.25. The molecule has 0 aromatic heterocycles. The van der Waals surface area contributed by atoms with E-state index in [9.17, 15) is 19.5 Å². The van der Waals surface area contributed by atoms with Crippen molar-refractivity contribution in [3.63, 3.8) is 0 Å². The van der Waals surface area contributed by atoms with Crippen molar-refractivity contribution < 1.29 is 29.0 Å². The first-order valence-electron chi connectivity index (χ1n) is 8.81. The van der Waals surface area contributed by atoms with E-state index in [0.717, 1.165) is 0 Å². The summed E-state index contributed by atoms with van der Waals surface area (Å²) >= 11 is 17.8. The molecule has 0 spiro atoms. The fourth-order valence-corrected chi connectivity index (χ4v) is 4.70. The monoisotopic (exact) mass is 458 g/mol. The fourth-order valence-electron chi connectivity index (χ4n) is 4.32. The zero-order valence-electron chi connectivity index (χ0n) is 16.1. The van der Waals surface area contributed by atoms with E-state index in [1.165, 1.54) is 4.90 Å². The second-order valence-corrected chi connectivity index (χ2v) is 10.3. The Labute approximate surface area is 178 Å². The smallest absolute Gasteiger partial charge is 0.326 e. The van der Waals surface area contributed by atoms with Gasteiger partial charge >= 0.3 is 22.4 Å². The summed E-state index contributed by atoms with van der Waals surface area (Å²) in [5, 5.41) is 12.8. The van der Waals surface area contributed by atoms with Gasteiger partial charge in [0.2, 0.25) is 5.56 Å². The highest BCUT2D eigenvalue weighted by Gasteiger charge is 2.50. The third-order valence-corrected chi connectivity index (χ3v) is 5.88. The zero-order valence-corrected chi connectivity index (χ0v) is 18.4. The number of carboxylic acids is 1. The summed E-state index contributed by atoms with van der Waals surface area (Å²) in [6, 6.07) is -1.07. The average molecular weight is 460 g/mol. The van der Waals surface area contributed by atoms with Crippen LogP contribution in [0.2, 0.25) is 0 Å². The Morgan fingerprint density at radius 2 is 1.75 bits per heavy atom. The standard InChI is InChI=1S/C17H25Cl3N2O6/c1-15(2)5-9(6-16(3,4)21-15)12-13(26)28-17(19,20)14(18)27-11(25)8-22(12)7-10(23)24/h9,12,14,21H,5-8H2,1-4H3,(H,23,24). The quantitative estimate of drug-likeness (QED) is 0.488. The molecule has 28 heavy (non-hydrogen) atoms. The number of carbonyl (C=O) groups is 3. The molecule has 0 radical (unpaired) electrons. The molecule has 0 aromatic rings. The van der Waals surface area contributed by atoms with Gasteiger partial charge in [0.05, 0.1) is 13.1 Å². The molecule has 0 aliphatic carbocycles. The molecule has 11 heteroatoms. The number of nitrogens with zero attached hydrogens (tertiary/aromatic N) is 1. The van der Waals surface area contributed by atoms with Gasteiger partial charge in [0, 0.05) is 11.1 Å². The van der Waals surface area contributed by atoms with Gasteiger partial charge in [0.1, 0.15) is 6.04 Å². The van der Waals surface area contributed by atoms with Crippen LogP contribution < -0.4 is 5.32 Å². The Balaban J connectivity index is 2.47. The Hall–Kier alpha value is -0.800. The SMILES string of the molecule is CC1(C)CC(C2C(=O)OC(Cl)(Cl)C(Cl)OC(=O)CN2CC(=O)O)CC(C)(C)N1. The second-order valence-electron chi connectivity index (χ2n) is 8.59. The molecule has 0 amide bonds. The van der Waals surface area contributed by atoms with Crippen LogP contribution in [0.25, 0.3) is 0 Å². The minimum atomic E-state index is -2.30. The van der Waals surface area contributed by atoms with Gasteiger partial charge in [-0.2, -0.15) is 0 Å². The lowest BCUT2D eigenvalue weighted by Crippen LogP contribution is -2.62. The Morgan fingerprint density at radius 1 is 1.21 bits per heavy atom. The number of carboxylic acid groups (broad SMARTS) is 1. The molecular formula is C17H25Cl3N2O6. The summed E-state index contributed by atoms with van der Waals surface area (Å²) in [7, 11) is 0. The number of alkyl halides is 3. The second kappa shape index (κ2) is 8.14. The molecule has 0 bridgehead atoms. The maximum Gasteiger partial charge on any atom is 0.326 e. The van der Waals surface area contributed by atoms with E-state index in [1.807, 2.05) is 27.7 Å². The number of piperidine rings is 1. The van der Waals surface area contributed by atoms with Crippen LogP contribution in [0.15, 0.2) is 0 Å². The number of nitrogens with one attached hydrogen (secondary N) is 1. The summed E-state index contributed by atoms with van der Waals surface area (Å²) in [6.07, 6.45) is 1.06. The Morgan fingerprint density at radius 3 is 2.25 bits per heavy atom. The first-order valence-corrected chi connectivity index (χ1v) is 10.0. The van der Waals surface area contributed by atoms with Crippen LogP contribution in [0.4, 0.5) is 0 Å². The molecule has 2 aliphatic rings. The summed E-state index contributed by atoms with van der Waals surface area (Å²) in [6.45, 7) is 6.91. The molecule has 2 saturated heterocycles.